The highest BCUT2D eigenvalue weighted by molar-refractivity contribution is 6.36. The Morgan fingerprint density at radius 1 is 1.08 bits per heavy atom. The van der Waals surface area contributed by atoms with Crippen LogP contribution in [0.15, 0.2) is 54.2 Å². The average molecular weight is 340 g/mol. The number of rotatable bonds is 5. The van der Waals surface area contributed by atoms with Crippen LogP contribution in [0.25, 0.3) is 5.57 Å². The van der Waals surface area contributed by atoms with E-state index in [1.807, 2.05) is 6.92 Å². The molecule has 6 heteroatoms. The number of hydrogen-bond donors (Lipinski definition) is 1. The zero-order valence-corrected chi connectivity index (χ0v) is 13.9. The fraction of sp³-hybridized carbons (Fsp3) is 0.158. The van der Waals surface area contributed by atoms with Gasteiger partial charge in [0.25, 0.3) is 11.8 Å². The summed E-state index contributed by atoms with van der Waals surface area (Å²) in [6.45, 7) is 2.40. The number of anilines is 1. The molecule has 2 aromatic carbocycles. The van der Waals surface area contributed by atoms with Crippen LogP contribution in [-0.4, -0.2) is 30.4 Å². The predicted molar refractivity (Wildman–Crippen MR) is 92.3 cm³/mol. The third kappa shape index (κ3) is 3.24. The molecule has 1 N–H and O–H groups in total. The number of imide groups is 1. The van der Waals surface area contributed by atoms with Gasteiger partial charge >= 0.3 is 0 Å². The van der Waals surface area contributed by atoms with Gasteiger partial charge in [-0.15, -0.1) is 0 Å². The molecule has 1 aliphatic rings. The second kappa shape index (κ2) is 6.76. The summed E-state index contributed by atoms with van der Waals surface area (Å²) in [6, 6.07) is 12.6. The van der Waals surface area contributed by atoms with E-state index in [0.717, 1.165) is 4.90 Å². The van der Waals surface area contributed by atoms with Gasteiger partial charge in [0.05, 0.1) is 12.2 Å². The van der Waals surface area contributed by atoms with E-state index in [9.17, 15) is 14.0 Å². The number of halogens is 1. The highest BCUT2D eigenvalue weighted by Gasteiger charge is 2.36. The lowest BCUT2D eigenvalue weighted by Gasteiger charge is -2.10. The van der Waals surface area contributed by atoms with E-state index in [-0.39, 0.29) is 11.3 Å². The Balaban J connectivity index is 2.02. The van der Waals surface area contributed by atoms with Gasteiger partial charge in [0, 0.05) is 18.8 Å². The lowest BCUT2D eigenvalue weighted by molar-refractivity contribution is -0.135. The number of ether oxygens (including phenoxy) is 1. The maximum atomic E-state index is 13.2. The van der Waals surface area contributed by atoms with Crippen LogP contribution in [0, 0.1) is 5.82 Å². The first-order chi connectivity index (χ1) is 12.0. The number of hydrogen-bond acceptors (Lipinski definition) is 4. The van der Waals surface area contributed by atoms with Crippen LogP contribution in [0.2, 0.25) is 0 Å². The molecule has 0 bridgehead atoms. The summed E-state index contributed by atoms with van der Waals surface area (Å²) in [5, 5.41) is 3.01. The molecule has 2 amide bonds. The van der Waals surface area contributed by atoms with Gasteiger partial charge in [-0.05, 0) is 36.8 Å². The highest BCUT2D eigenvalue weighted by Crippen LogP contribution is 2.30. The zero-order valence-electron chi connectivity index (χ0n) is 13.9. The molecule has 128 valence electrons. The van der Waals surface area contributed by atoms with Gasteiger partial charge in [0.2, 0.25) is 0 Å². The standard InChI is InChI=1S/C19H17FN2O3/c1-3-25-15-6-4-5-14(11-15)21-17-16(18(23)22(2)19(17)24)12-7-9-13(20)10-8-12/h4-11,21H,3H2,1-2H3. The Kier molecular flexibility index (Phi) is 4.52. The molecular weight excluding hydrogens is 323 g/mol. The van der Waals surface area contributed by atoms with Crippen molar-refractivity contribution >= 4 is 23.1 Å². The summed E-state index contributed by atoms with van der Waals surface area (Å²) >= 11 is 0. The summed E-state index contributed by atoms with van der Waals surface area (Å²) in [5.74, 6) is -0.624. The molecule has 3 rings (SSSR count). The van der Waals surface area contributed by atoms with Crippen molar-refractivity contribution < 1.29 is 18.7 Å². The molecule has 25 heavy (non-hydrogen) atoms. The van der Waals surface area contributed by atoms with Crippen LogP contribution in [0.5, 0.6) is 5.75 Å². The summed E-state index contributed by atoms with van der Waals surface area (Å²) < 4.78 is 18.6. The Hall–Kier alpha value is -3.15. The second-order valence-corrected chi connectivity index (χ2v) is 5.51. The van der Waals surface area contributed by atoms with Crippen molar-refractivity contribution in [2.24, 2.45) is 0 Å². The minimum atomic E-state index is -0.439. The average Bonchev–Trinajstić information content (AvgIpc) is 2.81. The topological polar surface area (TPSA) is 58.6 Å². The van der Waals surface area contributed by atoms with Crippen molar-refractivity contribution in [2.75, 3.05) is 19.0 Å². The molecule has 0 aliphatic carbocycles. The molecule has 2 aromatic rings. The van der Waals surface area contributed by atoms with Crippen molar-refractivity contribution in [3.63, 3.8) is 0 Å². The number of nitrogens with one attached hydrogen (secondary N) is 1. The first-order valence-corrected chi connectivity index (χ1v) is 7.83. The van der Waals surface area contributed by atoms with Crippen molar-refractivity contribution in [3.05, 3.63) is 65.6 Å². The summed E-state index contributed by atoms with van der Waals surface area (Å²) in [5.41, 5.74) is 1.48. The minimum Gasteiger partial charge on any atom is -0.494 e. The number of benzene rings is 2. The molecule has 1 aliphatic heterocycles. The predicted octanol–water partition coefficient (Wildman–Crippen LogP) is 3.05. The Bertz CT molecular complexity index is 859. The molecule has 0 saturated heterocycles. The van der Waals surface area contributed by atoms with Crippen LogP contribution in [0.1, 0.15) is 12.5 Å². The minimum absolute atomic E-state index is 0.160. The molecule has 1 heterocycles. The first kappa shape index (κ1) is 16.7. The van der Waals surface area contributed by atoms with Gasteiger partial charge in [0.15, 0.2) is 0 Å². The summed E-state index contributed by atoms with van der Waals surface area (Å²) in [6.07, 6.45) is 0. The number of amides is 2. The third-order valence-electron chi connectivity index (χ3n) is 3.83. The molecule has 0 spiro atoms. The number of likely N-dealkylation sites (N-methyl/N-ethyl adjacent to an activating group) is 1. The van der Waals surface area contributed by atoms with Gasteiger partial charge in [-0.25, -0.2) is 4.39 Å². The van der Waals surface area contributed by atoms with Crippen molar-refractivity contribution in [1.29, 1.82) is 0 Å². The molecule has 0 fully saturated rings. The number of carbonyl (C=O) groups excluding carboxylic acids is 2. The molecular formula is C19H17FN2O3. The Morgan fingerprint density at radius 2 is 1.80 bits per heavy atom. The molecule has 0 saturated carbocycles. The van der Waals surface area contributed by atoms with E-state index in [1.54, 1.807) is 24.3 Å². The number of nitrogens with zero attached hydrogens (tertiary/aromatic N) is 1. The van der Waals surface area contributed by atoms with E-state index in [0.29, 0.717) is 23.6 Å². The van der Waals surface area contributed by atoms with E-state index < -0.39 is 17.6 Å². The Morgan fingerprint density at radius 3 is 2.48 bits per heavy atom. The molecule has 0 aromatic heterocycles. The maximum Gasteiger partial charge on any atom is 0.277 e. The SMILES string of the molecule is CCOc1cccc(NC2=C(c3ccc(F)cc3)C(=O)N(C)C2=O)c1. The van der Waals surface area contributed by atoms with E-state index in [2.05, 4.69) is 5.32 Å². The van der Waals surface area contributed by atoms with Gasteiger partial charge in [-0.1, -0.05) is 18.2 Å². The summed E-state index contributed by atoms with van der Waals surface area (Å²) in [4.78, 5) is 26.0. The first-order valence-electron chi connectivity index (χ1n) is 7.83. The van der Waals surface area contributed by atoms with Gasteiger partial charge < -0.3 is 10.1 Å². The van der Waals surface area contributed by atoms with Gasteiger partial charge in [0.1, 0.15) is 17.3 Å². The fourth-order valence-electron chi connectivity index (χ4n) is 2.62. The monoisotopic (exact) mass is 340 g/mol. The lowest BCUT2D eigenvalue weighted by Crippen LogP contribution is -2.27. The van der Waals surface area contributed by atoms with E-state index >= 15 is 0 Å². The van der Waals surface area contributed by atoms with Crippen LogP contribution >= 0.6 is 0 Å². The van der Waals surface area contributed by atoms with Gasteiger partial charge in [-0.3, -0.25) is 14.5 Å². The molecule has 0 radical (unpaired) electrons. The fourth-order valence-corrected chi connectivity index (χ4v) is 2.62. The highest BCUT2D eigenvalue weighted by atomic mass is 19.1. The zero-order chi connectivity index (χ0) is 18.0. The van der Waals surface area contributed by atoms with Crippen LogP contribution in [-0.2, 0) is 9.59 Å². The van der Waals surface area contributed by atoms with Crippen LogP contribution < -0.4 is 10.1 Å². The summed E-state index contributed by atoms with van der Waals surface area (Å²) in [7, 11) is 1.42. The molecule has 0 unspecified atom stereocenters. The normalized spacial score (nSPS) is 14.3. The second-order valence-electron chi connectivity index (χ2n) is 5.51. The van der Waals surface area contributed by atoms with Crippen molar-refractivity contribution in [3.8, 4) is 5.75 Å². The smallest absolute Gasteiger partial charge is 0.277 e. The third-order valence-corrected chi connectivity index (χ3v) is 3.83. The quantitative estimate of drug-likeness (QED) is 0.850. The van der Waals surface area contributed by atoms with Crippen molar-refractivity contribution in [2.45, 2.75) is 6.92 Å². The van der Waals surface area contributed by atoms with Gasteiger partial charge in [-0.2, -0.15) is 0 Å². The van der Waals surface area contributed by atoms with E-state index in [1.165, 1.54) is 31.3 Å². The maximum absolute atomic E-state index is 13.2. The molecule has 0 atom stereocenters. The molecule has 5 nitrogen and oxygen atoms in total. The van der Waals surface area contributed by atoms with Crippen LogP contribution in [0.3, 0.4) is 0 Å². The number of carbonyl (C=O) groups is 2. The lowest BCUT2D eigenvalue weighted by atomic mass is 10.0. The Labute approximate surface area is 144 Å². The van der Waals surface area contributed by atoms with Crippen LogP contribution in [0.4, 0.5) is 10.1 Å². The van der Waals surface area contributed by atoms with E-state index in [4.69, 9.17) is 4.74 Å². The largest absolute Gasteiger partial charge is 0.494 e. The van der Waals surface area contributed by atoms with Crippen molar-refractivity contribution in [1.82, 2.24) is 4.90 Å².